The Hall–Kier alpha value is -9.12. The van der Waals surface area contributed by atoms with E-state index in [-0.39, 0.29) is 6.71 Å². The van der Waals surface area contributed by atoms with Crippen molar-refractivity contribution < 1.29 is 0 Å². The van der Waals surface area contributed by atoms with E-state index in [4.69, 9.17) is 0 Å². The first kappa shape index (κ1) is 35.1. The van der Waals surface area contributed by atoms with Gasteiger partial charge in [-0.25, -0.2) is 0 Å². The van der Waals surface area contributed by atoms with Gasteiger partial charge in [-0.2, -0.15) is 0 Å². The van der Waals surface area contributed by atoms with Crippen LogP contribution in [0.2, 0.25) is 0 Å². The molecule has 4 heteroatoms. The molecule has 0 unspecified atom stereocenters. The summed E-state index contributed by atoms with van der Waals surface area (Å²) >= 11 is 0. The smallest absolute Gasteiger partial charge is 0.252 e. The van der Waals surface area contributed by atoms with Crippen molar-refractivity contribution in [3.8, 4) is 61.6 Å². The van der Waals surface area contributed by atoms with E-state index in [2.05, 4.69) is 220 Å². The molecular formula is C66H34BN3. The minimum absolute atomic E-state index is 0.00289. The van der Waals surface area contributed by atoms with Gasteiger partial charge in [0.15, 0.2) is 0 Å². The second kappa shape index (κ2) is 11.8. The zero-order valence-corrected chi connectivity index (χ0v) is 37.5. The molecule has 2 aliphatic carbocycles. The van der Waals surface area contributed by atoms with E-state index in [1.165, 1.54) is 176 Å². The molecule has 0 saturated heterocycles. The lowest BCUT2D eigenvalue weighted by molar-refractivity contribution is 1.10. The molecular weight excluding hydrogens is 846 g/mol. The van der Waals surface area contributed by atoms with E-state index < -0.39 is 0 Å². The fourth-order valence-corrected chi connectivity index (χ4v) is 14.8. The van der Waals surface area contributed by atoms with Crippen LogP contribution in [-0.2, 0) is 0 Å². The molecule has 0 atom stereocenters. The fraction of sp³-hybridized carbons (Fsp3) is 0. The highest BCUT2D eigenvalue weighted by Crippen LogP contribution is 2.53. The summed E-state index contributed by atoms with van der Waals surface area (Å²) in [6.07, 6.45) is 0. The predicted molar refractivity (Wildman–Crippen MR) is 295 cm³/mol. The first-order valence-electron chi connectivity index (χ1n) is 24.6. The quantitative estimate of drug-likeness (QED) is 0.146. The highest BCUT2D eigenvalue weighted by Gasteiger charge is 2.43. The Balaban J connectivity index is 1.05. The van der Waals surface area contributed by atoms with Crippen LogP contribution in [0.1, 0.15) is 0 Å². The summed E-state index contributed by atoms with van der Waals surface area (Å²) in [6, 6.07) is 79.2. The van der Waals surface area contributed by atoms with Gasteiger partial charge in [0, 0.05) is 49.2 Å². The van der Waals surface area contributed by atoms with Gasteiger partial charge in [0.05, 0.1) is 33.3 Å². The Bertz CT molecular complexity index is 5080. The normalized spacial score (nSPS) is 13.4. The highest BCUT2D eigenvalue weighted by atomic mass is 15.1. The van der Waals surface area contributed by atoms with Gasteiger partial charge in [-0.3, -0.25) is 0 Å². The monoisotopic (exact) mass is 879 g/mol. The van der Waals surface area contributed by atoms with Crippen LogP contribution in [0, 0.1) is 0 Å². The Labute approximate surface area is 400 Å². The first-order valence-corrected chi connectivity index (χ1v) is 24.6. The molecule has 70 heavy (non-hydrogen) atoms. The zero-order valence-electron chi connectivity index (χ0n) is 37.5. The molecule has 3 aromatic heterocycles. The van der Waals surface area contributed by atoms with Crippen LogP contribution in [-0.4, -0.2) is 20.4 Å². The van der Waals surface area contributed by atoms with Crippen LogP contribution >= 0.6 is 0 Å². The van der Waals surface area contributed by atoms with Crippen LogP contribution in [0.3, 0.4) is 0 Å². The number of nitrogens with zero attached hydrogens (tertiary/aromatic N) is 3. The van der Waals surface area contributed by atoms with Crippen LogP contribution in [0.4, 0.5) is 0 Å². The third-order valence-corrected chi connectivity index (χ3v) is 17.2. The topological polar surface area (TPSA) is 14.8 Å². The molecule has 5 heterocycles. The summed E-state index contributed by atoms with van der Waals surface area (Å²) in [7, 11) is 0. The summed E-state index contributed by atoms with van der Waals surface area (Å²) < 4.78 is 7.94. The van der Waals surface area contributed by atoms with Gasteiger partial charge < -0.3 is 13.7 Å². The molecule has 12 aromatic carbocycles. The largest absolute Gasteiger partial charge is 0.310 e. The van der Waals surface area contributed by atoms with Crippen molar-refractivity contribution in [3.63, 3.8) is 0 Å². The fourth-order valence-electron chi connectivity index (χ4n) is 14.8. The van der Waals surface area contributed by atoms with Crippen molar-refractivity contribution in [1.29, 1.82) is 0 Å². The molecule has 0 N–H and O–H groups in total. The van der Waals surface area contributed by atoms with Crippen molar-refractivity contribution in [2.45, 2.75) is 0 Å². The van der Waals surface area contributed by atoms with Crippen molar-refractivity contribution in [2.75, 3.05) is 0 Å². The Morgan fingerprint density at radius 2 is 0.757 bits per heavy atom. The van der Waals surface area contributed by atoms with Crippen molar-refractivity contribution >= 4 is 121 Å². The minimum Gasteiger partial charge on any atom is -0.310 e. The molecule has 0 spiro atoms. The Kier molecular flexibility index (Phi) is 5.89. The Morgan fingerprint density at radius 3 is 1.47 bits per heavy atom. The molecule has 19 rings (SSSR count). The van der Waals surface area contributed by atoms with Gasteiger partial charge in [-0.05, 0) is 130 Å². The average Bonchev–Trinajstić information content (AvgIpc) is 4.02. The van der Waals surface area contributed by atoms with Crippen LogP contribution in [0.25, 0.3) is 159 Å². The second-order valence-electron chi connectivity index (χ2n) is 20.2. The lowest BCUT2D eigenvalue weighted by atomic mass is 9.34. The van der Waals surface area contributed by atoms with Crippen molar-refractivity contribution in [3.05, 3.63) is 206 Å². The molecule has 4 aliphatic rings. The number of hydrogen-bond donors (Lipinski definition) is 0. The van der Waals surface area contributed by atoms with E-state index in [0.29, 0.717) is 0 Å². The highest BCUT2D eigenvalue weighted by molar-refractivity contribution is 7.00. The van der Waals surface area contributed by atoms with E-state index >= 15 is 0 Å². The lowest BCUT2D eigenvalue weighted by Crippen LogP contribution is -2.59. The molecule has 2 aliphatic heterocycles. The first-order chi connectivity index (χ1) is 34.8. The van der Waals surface area contributed by atoms with Crippen molar-refractivity contribution in [1.82, 2.24) is 13.7 Å². The van der Waals surface area contributed by atoms with E-state index in [1.807, 2.05) is 0 Å². The van der Waals surface area contributed by atoms with Gasteiger partial charge in [0.1, 0.15) is 0 Å². The van der Waals surface area contributed by atoms with Crippen LogP contribution in [0.5, 0.6) is 0 Å². The van der Waals surface area contributed by atoms with Gasteiger partial charge >= 0.3 is 0 Å². The maximum atomic E-state index is 2.69. The summed E-state index contributed by atoms with van der Waals surface area (Å²) in [5.74, 6) is 0. The number of rotatable bonds is 1. The molecule has 15 aromatic rings. The van der Waals surface area contributed by atoms with E-state index in [0.717, 1.165) is 0 Å². The molecule has 0 radical (unpaired) electrons. The maximum Gasteiger partial charge on any atom is 0.252 e. The zero-order chi connectivity index (χ0) is 44.8. The number of benzene rings is 12. The maximum absolute atomic E-state index is 2.69. The average molecular weight is 880 g/mol. The van der Waals surface area contributed by atoms with Gasteiger partial charge in [0.25, 0.3) is 6.71 Å². The molecule has 3 nitrogen and oxygen atoms in total. The summed E-state index contributed by atoms with van der Waals surface area (Å²) in [5.41, 5.74) is 25.7. The van der Waals surface area contributed by atoms with Gasteiger partial charge in [-0.1, -0.05) is 170 Å². The van der Waals surface area contributed by atoms with Crippen LogP contribution in [0.15, 0.2) is 206 Å². The summed E-state index contributed by atoms with van der Waals surface area (Å²) in [6.45, 7) is 0.00289. The van der Waals surface area contributed by atoms with Gasteiger partial charge in [-0.15, -0.1) is 0 Å². The lowest BCUT2D eigenvalue weighted by Gasteiger charge is -2.34. The second-order valence-corrected chi connectivity index (χ2v) is 20.2. The predicted octanol–water partition coefficient (Wildman–Crippen LogP) is 14.9. The third kappa shape index (κ3) is 3.80. The van der Waals surface area contributed by atoms with Crippen LogP contribution < -0.4 is 16.4 Å². The number of para-hydroxylation sites is 1. The number of aromatic nitrogens is 3. The summed E-state index contributed by atoms with van der Waals surface area (Å²) in [5, 5.41) is 15.8. The number of fused-ring (bicyclic) bond motifs is 16. The van der Waals surface area contributed by atoms with E-state index in [9.17, 15) is 0 Å². The molecule has 0 amide bonds. The third-order valence-electron chi connectivity index (χ3n) is 17.2. The Morgan fingerprint density at radius 1 is 0.271 bits per heavy atom. The number of hydrogen-bond acceptors (Lipinski definition) is 0. The molecule has 316 valence electrons. The summed E-state index contributed by atoms with van der Waals surface area (Å²) in [4.78, 5) is 0. The molecule has 0 fully saturated rings. The molecule has 0 bridgehead atoms. The minimum atomic E-state index is 0.00289. The molecule has 0 saturated carbocycles. The van der Waals surface area contributed by atoms with Gasteiger partial charge in [0.2, 0.25) is 0 Å². The standard InChI is InChI=1S/C66H34BN3/c1-2-15-39-35(12-1)28-30-53-59(39)48-24-9-25-49-65(48)69(53)55-33-38(68-51-26-10-22-46-42-18-5-3-16-40(42)44-20-7-13-36-29-31-54(68)62(57(36)44)60(46)51)34-56-64(55)67(49)50-32-37-14-8-21-45-41-17-4-6-19-43(41)47-23-11-27-52-61(47)63(58(37)45)66(50)70(52)56/h1-34H. The SMILES string of the molecule is c1ccc2c(c1)-c1cccc3ccc4c(c13)c1c-2cccc1n4-c1cc2c3c(c1)-n1c4cccc5c4c4c6c(cccc6cc(c41)B3c1cccc3c4c6ccccc6ccc4n-2c13)-c1ccccc1-5. The van der Waals surface area contributed by atoms with E-state index in [1.54, 1.807) is 0 Å². The van der Waals surface area contributed by atoms with Crippen molar-refractivity contribution in [2.24, 2.45) is 0 Å².